The molecule has 16 heavy (non-hydrogen) atoms. The third-order valence-electron chi connectivity index (χ3n) is 2.37. The molecule has 0 heterocycles. The summed E-state index contributed by atoms with van der Waals surface area (Å²) in [6.45, 7) is 4.40. The topological polar surface area (TPSA) is 41.1 Å². The Morgan fingerprint density at radius 3 is 2.56 bits per heavy atom. The lowest BCUT2D eigenvalue weighted by Crippen LogP contribution is -2.34. The van der Waals surface area contributed by atoms with Crippen LogP contribution >= 0.6 is 12.4 Å². The van der Waals surface area contributed by atoms with Crippen LogP contribution in [0, 0.1) is 6.92 Å². The molecule has 4 heteroatoms. The third kappa shape index (κ3) is 4.21. The van der Waals surface area contributed by atoms with Crippen molar-refractivity contribution < 1.29 is 4.79 Å². The Hall–Kier alpha value is -1.06. The minimum absolute atomic E-state index is 0. The molecule has 1 aromatic carbocycles. The summed E-state index contributed by atoms with van der Waals surface area (Å²) in [7, 11) is 1.76. The van der Waals surface area contributed by atoms with Crippen molar-refractivity contribution in [2.24, 2.45) is 0 Å². The second kappa shape index (κ2) is 7.25. The molecular formula is C12H19ClN2O. The number of nitrogens with one attached hydrogen (secondary N) is 2. The quantitative estimate of drug-likeness (QED) is 0.846. The van der Waals surface area contributed by atoms with E-state index in [9.17, 15) is 4.79 Å². The minimum Gasteiger partial charge on any atom is -0.348 e. The minimum atomic E-state index is 0. The van der Waals surface area contributed by atoms with Crippen molar-refractivity contribution >= 4 is 18.3 Å². The Balaban J connectivity index is 0.00000225. The predicted octanol–water partition coefficient (Wildman–Crippen LogP) is 1.81. The van der Waals surface area contributed by atoms with Gasteiger partial charge in [0.1, 0.15) is 0 Å². The van der Waals surface area contributed by atoms with Crippen LogP contribution in [0.1, 0.15) is 24.1 Å². The van der Waals surface area contributed by atoms with Gasteiger partial charge in [-0.3, -0.25) is 4.79 Å². The molecule has 1 unspecified atom stereocenters. The van der Waals surface area contributed by atoms with E-state index < -0.39 is 0 Å². The lowest BCUT2D eigenvalue weighted by Gasteiger charge is -2.16. The van der Waals surface area contributed by atoms with Gasteiger partial charge in [0.2, 0.25) is 5.91 Å². The van der Waals surface area contributed by atoms with Crippen LogP contribution in [0.3, 0.4) is 0 Å². The number of hydrogen-bond donors (Lipinski definition) is 2. The number of halogens is 1. The molecule has 0 aromatic heterocycles. The maximum atomic E-state index is 11.4. The van der Waals surface area contributed by atoms with E-state index in [4.69, 9.17) is 0 Å². The summed E-state index contributed by atoms with van der Waals surface area (Å²) < 4.78 is 0. The fraction of sp³-hybridized carbons (Fsp3) is 0.417. The van der Waals surface area contributed by atoms with Crippen molar-refractivity contribution in [1.29, 1.82) is 0 Å². The summed E-state index contributed by atoms with van der Waals surface area (Å²) in [4.78, 5) is 11.4. The summed E-state index contributed by atoms with van der Waals surface area (Å²) in [6, 6.07) is 8.15. The molecule has 90 valence electrons. The molecule has 0 fully saturated rings. The number of hydrogen-bond acceptors (Lipinski definition) is 2. The molecule has 0 spiro atoms. The maximum absolute atomic E-state index is 11.4. The van der Waals surface area contributed by atoms with Crippen LogP contribution in [0.25, 0.3) is 0 Å². The van der Waals surface area contributed by atoms with Gasteiger partial charge in [-0.1, -0.05) is 24.3 Å². The van der Waals surface area contributed by atoms with Crippen molar-refractivity contribution in [3.05, 3.63) is 35.4 Å². The molecule has 2 N–H and O–H groups in total. The van der Waals surface area contributed by atoms with E-state index >= 15 is 0 Å². The van der Waals surface area contributed by atoms with Gasteiger partial charge in [-0.25, -0.2) is 0 Å². The molecule has 1 amide bonds. The molecule has 1 rings (SSSR count). The third-order valence-corrected chi connectivity index (χ3v) is 2.37. The van der Waals surface area contributed by atoms with Crippen LogP contribution in [0.2, 0.25) is 0 Å². The Labute approximate surface area is 103 Å². The van der Waals surface area contributed by atoms with Crippen LogP contribution in [0.5, 0.6) is 0 Å². The number of amides is 1. The van der Waals surface area contributed by atoms with Gasteiger partial charge >= 0.3 is 0 Å². The van der Waals surface area contributed by atoms with Gasteiger partial charge in [0.25, 0.3) is 0 Å². The van der Waals surface area contributed by atoms with Crippen LogP contribution < -0.4 is 10.6 Å². The molecule has 3 nitrogen and oxygen atoms in total. The Morgan fingerprint density at radius 1 is 1.38 bits per heavy atom. The molecule has 0 bridgehead atoms. The van der Waals surface area contributed by atoms with Crippen LogP contribution in [-0.2, 0) is 4.79 Å². The van der Waals surface area contributed by atoms with Gasteiger partial charge in [0.15, 0.2) is 0 Å². The average molecular weight is 243 g/mol. The molecule has 0 aliphatic heterocycles. The summed E-state index contributed by atoms with van der Waals surface area (Å²) in [6.07, 6.45) is 0. The van der Waals surface area contributed by atoms with Crippen molar-refractivity contribution in [3.63, 3.8) is 0 Å². The Morgan fingerprint density at radius 2 is 2.00 bits per heavy atom. The highest BCUT2D eigenvalue weighted by Gasteiger charge is 2.09. The number of carbonyl (C=O) groups is 1. The van der Waals surface area contributed by atoms with Gasteiger partial charge in [-0.2, -0.15) is 0 Å². The highest BCUT2D eigenvalue weighted by molar-refractivity contribution is 5.85. The molecule has 0 saturated heterocycles. The summed E-state index contributed by atoms with van der Waals surface area (Å²) in [5.74, 6) is 0.0215. The van der Waals surface area contributed by atoms with E-state index in [0.717, 1.165) is 0 Å². The van der Waals surface area contributed by atoms with Gasteiger partial charge in [0.05, 0.1) is 12.6 Å². The molecule has 1 atom stereocenters. The fourth-order valence-electron chi connectivity index (χ4n) is 1.60. The highest BCUT2D eigenvalue weighted by Crippen LogP contribution is 2.16. The molecule has 1 aromatic rings. The number of benzene rings is 1. The van der Waals surface area contributed by atoms with Crippen molar-refractivity contribution in [2.75, 3.05) is 13.6 Å². The Kier molecular flexibility index (Phi) is 6.77. The Bertz CT molecular complexity index is 342. The first kappa shape index (κ1) is 14.9. The first-order chi connectivity index (χ1) is 7.15. The van der Waals surface area contributed by atoms with Crippen molar-refractivity contribution in [3.8, 4) is 0 Å². The van der Waals surface area contributed by atoms with Gasteiger partial charge < -0.3 is 10.6 Å². The summed E-state index contributed by atoms with van der Waals surface area (Å²) in [5.41, 5.74) is 2.37. The van der Waals surface area contributed by atoms with Gasteiger partial charge in [-0.15, -0.1) is 12.4 Å². The lowest BCUT2D eigenvalue weighted by atomic mass is 10.0. The number of aryl methyl sites for hydroxylation is 1. The van der Waals surface area contributed by atoms with E-state index in [1.165, 1.54) is 11.1 Å². The van der Waals surface area contributed by atoms with Crippen LogP contribution in [0.15, 0.2) is 24.3 Å². The molecule has 0 aliphatic rings. The maximum Gasteiger partial charge on any atom is 0.234 e. The van der Waals surface area contributed by atoms with Crippen molar-refractivity contribution in [1.82, 2.24) is 10.6 Å². The van der Waals surface area contributed by atoms with E-state index in [1.807, 2.05) is 25.1 Å². The van der Waals surface area contributed by atoms with Gasteiger partial charge in [-0.05, 0) is 32.0 Å². The summed E-state index contributed by atoms with van der Waals surface area (Å²) in [5, 5.41) is 5.76. The first-order valence-corrected chi connectivity index (χ1v) is 5.14. The van der Waals surface area contributed by atoms with Crippen LogP contribution in [-0.4, -0.2) is 19.5 Å². The second-order valence-electron chi connectivity index (χ2n) is 3.68. The monoisotopic (exact) mass is 242 g/mol. The smallest absolute Gasteiger partial charge is 0.234 e. The van der Waals surface area contributed by atoms with E-state index in [1.54, 1.807) is 7.05 Å². The number of rotatable bonds is 4. The fourth-order valence-corrected chi connectivity index (χ4v) is 1.60. The SMILES string of the molecule is CNCC(=O)NC(C)c1ccccc1C.Cl. The van der Waals surface area contributed by atoms with Crippen molar-refractivity contribution in [2.45, 2.75) is 19.9 Å². The zero-order valence-electron chi connectivity index (χ0n) is 9.91. The summed E-state index contributed by atoms with van der Waals surface area (Å²) >= 11 is 0. The zero-order chi connectivity index (χ0) is 11.3. The number of likely N-dealkylation sites (N-methyl/N-ethyl adjacent to an activating group) is 1. The normalized spacial score (nSPS) is 11.4. The number of carbonyl (C=O) groups excluding carboxylic acids is 1. The molecular weight excluding hydrogens is 224 g/mol. The first-order valence-electron chi connectivity index (χ1n) is 5.14. The molecule has 0 saturated carbocycles. The van der Waals surface area contributed by atoms with E-state index in [-0.39, 0.29) is 24.4 Å². The molecule has 0 aliphatic carbocycles. The van der Waals surface area contributed by atoms with E-state index in [0.29, 0.717) is 6.54 Å². The van der Waals surface area contributed by atoms with Gasteiger partial charge in [0, 0.05) is 0 Å². The standard InChI is InChI=1S/C12H18N2O.ClH/c1-9-6-4-5-7-11(9)10(2)14-12(15)8-13-3;/h4-7,10,13H,8H2,1-3H3,(H,14,15);1H. The highest BCUT2D eigenvalue weighted by atomic mass is 35.5. The predicted molar refractivity (Wildman–Crippen MR) is 68.9 cm³/mol. The van der Waals surface area contributed by atoms with Crippen LogP contribution in [0.4, 0.5) is 0 Å². The average Bonchev–Trinajstić information content (AvgIpc) is 2.18. The van der Waals surface area contributed by atoms with E-state index in [2.05, 4.69) is 23.6 Å². The zero-order valence-corrected chi connectivity index (χ0v) is 10.7. The molecule has 0 radical (unpaired) electrons. The largest absolute Gasteiger partial charge is 0.348 e. The second-order valence-corrected chi connectivity index (χ2v) is 3.68. The lowest BCUT2D eigenvalue weighted by molar-refractivity contribution is -0.120.